The first-order chi connectivity index (χ1) is 12.5. The zero-order chi connectivity index (χ0) is 18.3. The van der Waals surface area contributed by atoms with E-state index < -0.39 is 0 Å². The van der Waals surface area contributed by atoms with Crippen LogP contribution in [0.25, 0.3) is 22.3 Å². The average molecular weight is 341 g/mol. The molecule has 0 aliphatic carbocycles. The lowest BCUT2D eigenvalue weighted by Crippen LogP contribution is -2.00. The number of imidazole rings is 1. The van der Waals surface area contributed by atoms with E-state index in [0.29, 0.717) is 0 Å². The molecule has 130 valence electrons. The second kappa shape index (κ2) is 6.41. The molecule has 3 nitrogen and oxygen atoms in total. The molecule has 26 heavy (non-hydrogen) atoms. The summed E-state index contributed by atoms with van der Waals surface area (Å²) in [6, 6.07) is 17.1. The molecule has 0 aliphatic heterocycles. The average Bonchev–Trinajstić information content (AvgIpc) is 2.97. The molecule has 4 aromatic rings. The Morgan fingerprint density at radius 1 is 0.885 bits per heavy atom. The van der Waals surface area contributed by atoms with Crippen LogP contribution in [0.15, 0.2) is 54.9 Å². The van der Waals surface area contributed by atoms with E-state index in [9.17, 15) is 0 Å². The molecule has 0 radical (unpaired) electrons. The highest BCUT2D eigenvalue weighted by Crippen LogP contribution is 2.32. The molecular formula is C23H23N3. The van der Waals surface area contributed by atoms with Crippen molar-refractivity contribution in [2.24, 2.45) is 0 Å². The molecule has 0 N–H and O–H groups in total. The van der Waals surface area contributed by atoms with E-state index in [4.69, 9.17) is 9.97 Å². The van der Waals surface area contributed by atoms with Crippen LogP contribution in [-0.4, -0.2) is 14.5 Å². The van der Waals surface area contributed by atoms with Crippen molar-refractivity contribution < 1.29 is 0 Å². The van der Waals surface area contributed by atoms with Crippen molar-refractivity contribution in [2.75, 3.05) is 0 Å². The first kappa shape index (κ1) is 16.5. The Morgan fingerprint density at radius 2 is 1.58 bits per heavy atom. The zero-order valence-corrected chi connectivity index (χ0v) is 15.7. The fourth-order valence-corrected chi connectivity index (χ4v) is 3.82. The van der Waals surface area contributed by atoms with Crippen LogP contribution in [0.3, 0.4) is 0 Å². The SMILES string of the molecule is Cc1cc(C)c(-c2nc(C)cc3c2ncn3Cc2ccccc2)c(C)c1. The first-order valence-electron chi connectivity index (χ1n) is 8.97. The molecule has 0 fully saturated rings. The van der Waals surface area contributed by atoms with Crippen molar-refractivity contribution in [2.45, 2.75) is 34.2 Å². The third kappa shape index (κ3) is 2.90. The van der Waals surface area contributed by atoms with Crippen molar-refractivity contribution in [1.82, 2.24) is 14.5 Å². The predicted molar refractivity (Wildman–Crippen MR) is 107 cm³/mol. The number of nitrogens with zero attached hydrogens (tertiary/aromatic N) is 3. The Morgan fingerprint density at radius 3 is 2.27 bits per heavy atom. The molecule has 2 heterocycles. The van der Waals surface area contributed by atoms with E-state index in [-0.39, 0.29) is 0 Å². The maximum atomic E-state index is 4.87. The number of aromatic nitrogens is 3. The summed E-state index contributed by atoms with van der Waals surface area (Å²) in [5.41, 5.74) is 10.4. The van der Waals surface area contributed by atoms with E-state index in [1.54, 1.807) is 0 Å². The van der Waals surface area contributed by atoms with Crippen LogP contribution in [0.5, 0.6) is 0 Å². The quantitative estimate of drug-likeness (QED) is 0.501. The van der Waals surface area contributed by atoms with Crippen molar-refractivity contribution in [3.63, 3.8) is 0 Å². The fourth-order valence-electron chi connectivity index (χ4n) is 3.82. The van der Waals surface area contributed by atoms with Crippen LogP contribution in [0.2, 0.25) is 0 Å². The highest BCUT2D eigenvalue weighted by Gasteiger charge is 2.16. The zero-order valence-electron chi connectivity index (χ0n) is 15.7. The molecule has 0 aliphatic rings. The summed E-state index contributed by atoms with van der Waals surface area (Å²) in [7, 11) is 0. The van der Waals surface area contributed by atoms with Gasteiger partial charge in [0.1, 0.15) is 5.52 Å². The van der Waals surface area contributed by atoms with Gasteiger partial charge >= 0.3 is 0 Å². The second-order valence-corrected chi connectivity index (χ2v) is 7.11. The molecule has 0 amide bonds. The topological polar surface area (TPSA) is 30.7 Å². The van der Waals surface area contributed by atoms with Gasteiger partial charge in [-0.1, -0.05) is 48.0 Å². The summed E-state index contributed by atoms with van der Waals surface area (Å²) in [5.74, 6) is 0. The van der Waals surface area contributed by atoms with Gasteiger partial charge in [-0.15, -0.1) is 0 Å². The number of hydrogen-bond donors (Lipinski definition) is 0. The van der Waals surface area contributed by atoms with Crippen LogP contribution in [0.4, 0.5) is 0 Å². The minimum atomic E-state index is 0.812. The van der Waals surface area contributed by atoms with Gasteiger partial charge in [-0.3, -0.25) is 4.98 Å². The number of pyridine rings is 1. The number of benzene rings is 2. The van der Waals surface area contributed by atoms with E-state index >= 15 is 0 Å². The van der Waals surface area contributed by atoms with Gasteiger partial charge in [-0.2, -0.15) is 0 Å². The molecule has 0 spiro atoms. The largest absolute Gasteiger partial charge is 0.326 e. The Bertz CT molecular complexity index is 1070. The van der Waals surface area contributed by atoms with Crippen LogP contribution in [-0.2, 0) is 6.54 Å². The van der Waals surface area contributed by atoms with Gasteiger partial charge in [0.15, 0.2) is 0 Å². The molecule has 2 aromatic heterocycles. The third-order valence-electron chi connectivity index (χ3n) is 4.85. The highest BCUT2D eigenvalue weighted by atomic mass is 15.0. The van der Waals surface area contributed by atoms with E-state index in [1.807, 2.05) is 12.4 Å². The molecule has 0 saturated carbocycles. The minimum absolute atomic E-state index is 0.812. The maximum Gasteiger partial charge on any atom is 0.115 e. The monoisotopic (exact) mass is 341 g/mol. The van der Waals surface area contributed by atoms with E-state index in [0.717, 1.165) is 29.0 Å². The molecule has 2 aromatic carbocycles. The lowest BCUT2D eigenvalue weighted by Gasteiger charge is -2.13. The Kier molecular flexibility index (Phi) is 4.08. The van der Waals surface area contributed by atoms with Gasteiger partial charge < -0.3 is 4.57 Å². The van der Waals surface area contributed by atoms with Gasteiger partial charge in [0.05, 0.1) is 17.5 Å². The van der Waals surface area contributed by atoms with Crippen LogP contribution in [0, 0.1) is 27.7 Å². The van der Waals surface area contributed by atoms with Crippen LogP contribution >= 0.6 is 0 Å². The van der Waals surface area contributed by atoms with Gasteiger partial charge in [0.25, 0.3) is 0 Å². The van der Waals surface area contributed by atoms with Gasteiger partial charge in [-0.05, 0) is 50.5 Å². The van der Waals surface area contributed by atoms with Crippen molar-refractivity contribution in [3.8, 4) is 11.3 Å². The van der Waals surface area contributed by atoms with Crippen molar-refractivity contribution in [3.05, 3.63) is 82.8 Å². The minimum Gasteiger partial charge on any atom is -0.326 e. The van der Waals surface area contributed by atoms with Crippen LogP contribution < -0.4 is 0 Å². The smallest absolute Gasteiger partial charge is 0.115 e. The summed E-state index contributed by atoms with van der Waals surface area (Å²) in [5, 5.41) is 0. The molecular weight excluding hydrogens is 318 g/mol. The lowest BCUT2D eigenvalue weighted by atomic mass is 9.96. The fraction of sp³-hybridized carbons (Fsp3) is 0.217. The number of aryl methyl sites for hydroxylation is 4. The third-order valence-corrected chi connectivity index (χ3v) is 4.85. The van der Waals surface area contributed by atoms with E-state index in [1.165, 1.54) is 27.8 Å². The van der Waals surface area contributed by atoms with E-state index in [2.05, 4.69) is 74.7 Å². The molecule has 3 heteroatoms. The van der Waals surface area contributed by atoms with Crippen LogP contribution in [0.1, 0.15) is 27.9 Å². The lowest BCUT2D eigenvalue weighted by molar-refractivity contribution is 0.824. The molecule has 0 atom stereocenters. The van der Waals surface area contributed by atoms with Gasteiger partial charge in [-0.25, -0.2) is 4.98 Å². The standard InChI is InChI=1S/C23H23N3/c1-15-10-16(2)21(17(3)11-15)23-22-20(12-18(4)25-23)26(14-24-22)13-19-8-6-5-7-9-19/h5-12,14H,13H2,1-4H3. The highest BCUT2D eigenvalue weighted by molar-refractivity contribution is 5.92. The Hall–Kier alpha value is -2.94. The van der Waals surface area contributed by atoms with Crippen molar-refractivity contribution >= 4 is 11.0 Å². The normalized spacial score (nSPS) is 11.2. The summed E-state index contributed by atoms with van der Waals surface area (Å²) in [6.45, 7) is 9.32. The van der Waals surface area contributed by atoms with Gasteiger partial charge in [0.2, 0.25) is 0 Å². The van der Waals surface area contributed by atoms with Gasteiger partial charge in [0, 0.05) is 17.8 Å². The second-order valence-electron chi connectivity index (χ2n) is 7.11. The maximum absolute atomic E-state index is 4.87. The molecule has 0 unspecified atom stereocenters. The molecule has 4 rings (SSSR count). The Balaban J connectivity index is 1.90. The summed E-state index contributed by atoms with van der Waals surface area (Å²) in [4.78, 5) is 9.60. The number of rotatable bonds is 3. The Labute approximate surface area is 154 Å². The summed E-state index contributed by atoms with van der Waals surface area (Å²) in [6.07, 6.45) is 1.93. The number of fused-ring (bicyclic) bond motifs is 1. The molecule has 0 saturated heterocycles. The summed E-state index contributed by atoms with van der Waals surface area (Å²) >= 11 is 0. The van der Waals surface area contributed by atoms with Crippen molar-refractivity contribution in [1.29, 1.82) is 0 Å². The molecule has 0 bridgehead atoms. The first-order valence-corrected chi connectivity index (χ1v) is 8.97. The number of hydrogen-bond acceptors (Lipinski definition) is 2. The summed E-state index contributed by atoms with van der Waals surface area (Å²) < 4.78 is 2.21. The predicted octanol–water partition coefficient (Wildman–Crippen LogP) is 5.38.